The number of rotatable bonds is 15. The average molecular weight is 608 g/mol. The van der Waals surface area contributed by atoms with Crippen LogP contribution in [0.4, 0.5) is 4.39 Å². The van der Waals surface area contributed by atoms with Crippen molar-refractivity contribution in [1.29, 1.82) is 0 Å². The molecule has 0 unspecified atom stereocenters. The summed E-state index contributed by atoms with van der Waals surface area (Å²) in [7, 11) is 0. The van der Waals surface area contributed by atoms with Gasteiger partial charge in [0, 0.05) is 6.42 Å². The molecule has 0 aromatic heterocycles. The molecule has 12 nitrogen and oxygen atoms in total. The van der Waals surface area contributed by atoms with E-state index in [1.165, 1.54) is 43.3 Å². The zero-order valence-corrected chi connectivity index (χ0v) is 23.9. The van der Waals surface area contributed by atoms with Crippen LogP contribution in [0, 0.1) is 5.82 Å². The van der Waals surface area contributed by atoms with Crippen molar-refractivity contribution in [3.63, 3.8) is 0 Å². The van der Waals surface area contributed by atoms with Crippen LogP contribution in [-0.4, -0.2) is 59.3 Å². The van der Waals surface area contributed by atoms with Gasteiger partial charge in [-0.1, -0.05) is 54.6 Å². The van der Waals surface area contributed by atoms with Crippen molar-refractivity contribution in [2.24, 2.45) is 11.5 Å². The Kier molecular flexibility index (Phi) is 11.4. The summed E-state index contributed by atoms with van der Waals surface area (Å²) in [6.45, 7) is 0.836. The Hall–Kier alpha value is -5.30. The molecule has 9 N–H and O–H groups in total. The molecule has 232 valence electrons. The van der Waals surface area contributed by atoms with Gasteiger partial charge in [0.1, 0.15) is 31.1 Å². The van der Waals surface area contributed by atoms with Crippen LogP contribution in [0.25, 0.3) is 0 Å². The average Bonchev–Trinajstić information content (AvgIpc) is 3.02. The summed E-state index contributed by atoms with van der Waals surface area (Å²) in [5, 5.41) is 19.3. The number of nitrogens with one attached hydrogen (secondary N) is 4. The second kappa shape index (κ2) is 15.8. The van der Waals surface area contributed by atoms with Gasteiger partial charge in [-0.25, -0.2) is 4.39 Å². The molecule has 0 spiro atoms. The number of primary amides is 1. The van der Waals surface area contributed by atoms with Crippen molar-refractivity contribution in [3.8, 4) is 5.75 Å². The zero-order chi connectivity index (χ0) is 32.9. The highest BCUT2D eigenvalue weighted by atomic mass is 19.1. The van der Waals surface area contributed by atoms with Crippen LogP contribution in [0.3, 0.4) is 0 Å². The summed E-state index contributed by atoms with van der Waals surface area (Å²) in [4.78, 5) is 63.5. The molecule has 13 heteroatoms. The fourth-order valence-corrected chi connectivity index (χ4v) is 4.18. The maximum absolute atomic E-state index is 13.4. The molecule has 0 aliphatic carbocycles. The molecule has 0 aliphatic heterocycles. The molecule has 3 aromatic rings. The van der Waals surface area contributed by atoms with Crippen LogP contribution >= 0.6 is 0 Å². The minimum atomic E-state index is -1.23. The van der Waals surface area contributed by atoms with Crippen LogP contribution in [0.15, 0.2) is 78.9 Å². The maximum atomic E-state index is 13.4. The summed E-state index contributed by atoms with van der Waals surface area (Å²) in [5.74, 6) is -4.09. The van der Waals surface area contributed by atoms with Gasteiger partial charge in [0.25, 0.3) is 0 Å². The first-order valence-corrected chi connectivity index (χ1v) is 13.7. The van der Waals surface area contributed by atoms with Gasteiger partial charge in [-0.15, -0.1) is 0 Å². The third-order valence-corrected chi connectivity index (χ3v) is 6.58. The van der Waals surface area contributed by atoms with Gasteiger partial charge in [0.2, 0.25) is 29.5 Å². The first kappa shape index (κ1) is 31.6. The number of amides is 5. The number of hydrogen-bond acceptors (Lipinski definition) is 7. The third-order valence-electron chi connectivity index (χ3n) is 6.58. The minimum Gasteiger partial charge on any atom is -0.508 e. The largest absolute Gasteiger partial charge is 0.508 e. The molecule has 0 bridgehead atoms. The Labute approximate surface area is 254 Å². The summed E-state index contributed by atoms with van der Waals surface area (Å²) in [6.07, 6.45) is 0.0474. The number of phenols is 1. The highest BCUT2D eigenvalue weighted by Crippen LogP contribution is 2.14. The smallest absolute Gasteiger partial charge is 0.244 e. The molecular weight excluding hydrogens is 571 g/mol. The highest BCUT2D eigenvalue weighted by Gasteiger charge is 2.27. The molecule has 5 amide bonds. The molecule has 0 saturated heterocycles. The van der Waals surface area contributed by atoms with Gasteiger partial charge in [0.15, 0.2) is 0 Å². The predicted molar refractivity (Wildman–Crippen MR) is 159 cm³/mol. The molecule has 44 heavy (non-hydrogen) atoms. The number of nitrogens with two attached hydrogens (primary N) is 2. The van der Waals surface area contributed by atoms with Gasteiger partial charge < -0.3 is 37.8 Å². The molecule has 0 fully saturated rings. The van der Waals surface area contributed by atoms with E-state index in [-0.39, 0.29) is 18.6 Å². The molecule has 0 radical (unpaired) electrons. The van der Waals surface area contributed by atoms with Crippen molar-refractivity contribution in [3.05, 3.63) is 101 Å². The van der Waals surface area contributed by atoms with Gasteiger partial charge >= 0.3 is 0 Å². The van der Waals surface area contributed by atoms with E-state index in [0.29, 0.717) is 16.7 Å². The molecule has 3 rings (SSSR count). The van der Waals surface area contributed by atoms with Crippen molar-refractivity contribution >= 4 is 29.5 Å². The topological polar surface area (TPSA) is 206 Å². The first-order valence-electron chi connectivity index (χ1n) is 14.2. The monoisotopic (exact) mass is 607 g/mol. The number of halogens is 1. The molecule has 0 aliphatic rings. The third kappa shape index (κ3) is 10.2. The van der Waals surface area contributed by atoms with Crippen molar-refractivity contribution in [1.82, 2.24) is 21.3 Å². The quantitative estimate of drug-likeness (QED) is 0.127. The molecule has 0 saturated carbocycles. The lowest BCUT2D eigenvalue weighted by molar-refractivity contribution is -0.132. The summed E-state index contributed by atoms with van der Waals surface area (Å²) in [5.41, 5.74) is 9.27. The van der Waals surface area contributed by atoms with Crippen LogP contribution < -0.4 is 32.7 Å². The van der Waals surface area contributed by atoms with Crippen molar-refractivity contribution in [2.75, 3.05) is 6.54 Å². The Bertz CT molecular complexity index is 1480. The number of carbonyl (C=O) groups excluding carboxylic acids is 5. The second-order valence-corrected chi connectivity index (χ2v) is 10.1. The maximum Gasteiger partial charge on any atom is 0.244 e. The van der Waals surface area contributed by atoms with E-state index in [1.807, 2.05) is 0 Å². The lowest BCUT2D eigenvalue weighted by Gasteiger charge is -2.23. The normalized spacial score (nSPS) is 13.7. The standard InChI is InChI=1S/C31H35FN6O6/c1-18(36-30(43)24(33)15-19-9-13-23(39)14-10-19)29(42)35-17-26(40)37-25(16-20-7-11-22(32)12-8-20)31(44)38-27(28(34)41)21-5-3-2-4-6-21/h2-14,18,24-25,27,39H,15-17,33H2,1H3,(H2,34,41)(H,35,42)(H,36,43)(H,37,40)(H,38,44)/t18-,24-,25-,27-/m0/s1/i/hD. The summed E-state index contributed by atoms with van der Waals surface area (Å²) < 4.78 is 20.9. The molecule has 0 heterocycles. The van der Waals surface area contributed by atoms with Crippen molar-refractivity contribution < 1.29 is 34.9 Å². The van der Waals surface area contributed by atoms with E-state index >= 15 is 0 Å². The summed E-state index contributed by atoms with van der Waals surface area (Å²) in [6, 6.07) is 15.1. The summed E-state index contributed by atoms with van der Waals surface area (Å²) >= 11 is 0. The molecular formula is C31H35FN6O6. The van der Waals surface area contributed by atoms with Gasteiger partial charge in [-0.2, -0.15) is 0 Å². The fourth-order valence-electron chi connectivity index (χ4n) is 4.18. The zero-order valence-electron chi connectivity index (χ0n) is 24.9. The van der Waals surface area contributed by atoms with Gasteiger partial charge in [0.05, 0.1) is 12.6 Å². The van der Waals surface area contributed by atoms with Crippen LogP contribution in [0.1, 0.15) is 29.7 Å². The number of carbonyl (C=O) groups is 5. The Balaban J connectivity index is 1.60. The Morgan fingerprint density at radius 3 is 2.05 bits per heavy atom. The first-order chi connectivity index (χ1) is 21.5. The minimum absolute atomic E-state index is 0.0531. The van der Waals surface area contributed by atoms with Crippen LogP contribution in [-0.2, 0) is 36.8 Å². The van der Waals surface area contributed by atoms with Crippen LogP contribution in [0.2, 0.25) is 1.41 Å². The molecule has 4 atom stereocenters. The SMILES string of the molecule is [2H]N[C@@H](Cc1ccc(O)cc1)C(=O)N[C@@H](C)C(=O)NCC(=O)N[C@@H](Cc1ccc(F)cc1)C(=O)N[C@H](C(N)=O)c1ccccc1. The lowest BCUT2D eigenvalue weighted by Crippen LogP contribution is -2.54. The number of phenolic OH excluding ortho intramolecular Hbond substituents is 1. The molecule has 3 aromatic carbocycles. The Morgan fingerprint density at radius 2 is 1.43 bits per heavy atom. The van der Waals surface area contributed by atoms with Crippen molar-refractivity contribution in [2.45, 2.75) is 43.9 Å². The van der Waals surface area contributed by atoms with E-state index in [1.54, 1.807) is 42.5 Å². The predicted octanol–water partition coefficient (Wildman–Crippen LogP) is 0.0923. The Morgan fingerprint density at radius 1 is 0.818 bits per heavy atom. The lowest BCUT2D eigenvalue weighted by atomic mass is 10.0. The van der Waals surface area contributed by atoms with E-state index in [2.05, 4.69) is 27.0 Å². The highest BCUT2D eigenvalue weighted by molar-refractivity contribution is 5.94. The number of benzene rings is 3. The van der Waals surface area contributed by atoms with Gasteiger partial charge in [-0.3, -0.25) is 24.0 Å². The van der Waals surface area contributed by atoms with Crippen LogP contribution in [0.5, 0.6) is 5.75 Å². The van der Waals surface area contributed by atoms with E-state index in [0.717, 1.165) is 0 Å². The number of hydrogen-bond donors (Lipinski definition) is 7. The fraction of sp³-hybridized carbons (Fsp3) is 0.258. The second-order valence-electron chi connectivity index (χ2n) is 10.1. The van der Waals surface area contributed by atoms with E-state index < -0.39 is 66.1 Å². The van der Waals surface area contributed by atoms with Gasteiger partial charge in [-0.05, 0) is 54.3 Å². The number of aromatic hydroxyl groups is 1. The van der Waals surface area contributed by atoms with E-state index in [4.69, 9.17) is 7.15 Å². The van der Waals surface area contributed by atoms with E-state index in [9.17, 15) is 33.5 Å².